The van der Waals surface area contributed by atoms with Crippen molar-refractivity contribution in [2.45, 2.75) is 44.9 Å². The van der Waals surface area contributed by atoms with Crippen LogP contribution in [0.25, 0.3) is 10.9 Å². The topological polar surface area (TPSA) is 138 Å². The van der Waals surface area contributed by atoms with E-state index in [0.29, 0.717) is 48.6 Å². The number of fused-ring (bicyclic) bond motifs is 1. The molecule has 5 rings (SSSR count). The van der Waals surface area contributed by atoms with E-state index in [9.17, 15) is 19.7 Å². The van der Waals surface area contributed by atoms with Gasteiger partial charge in [0.2, 0.25) is 5.75 Å². The quantitative estimate of drug-likeness (QED) is 0.217. The summed E-state index contributed by atoms with van der Waals surface area (Å²) >= 11 is 0. The molecule has 1 amide bonds. The van der Waals surface area contributed by atoms with Crippen LogP contribution >= 0.6 is 0 Å². The molecule has 2 aromatic carbocycles. The summed E-state index contributed by atoms with van der Waals surface area (Å²) in [4.78, 5) is 44.0. The third kappa shape index (κ3) is 6.37. The van der Waals surface area contributed by atoms with Crippen molar-refractivity contribution in [2.24, 2.45) is 5.10 Å². The molecule has 41 heavy (non-hydrogen) atoms. The average Bonchev–Trinajstić information content (AvgIpc) is 3.00. The third-order valence-corrected chi connectivity index (χ3v) is 7.33. The Balaban J connectivity index is 1.50. The maximum atomic E-state index is 13.5. The molecule has 12 nitrogen and oxygen atoms in total. The molecule has 2 aliphatic rings. The fourth-order valence-corrected chi connectivity index (χ4v) is 5.27. The molecule has 1 saturated carbocycles. The summed E-state index contributed by atoms with van der Waals surface area (Å²) in [6.45, 7) is 3.31. The second kappa shape index (κ2) is 12.9. The highest BCUT2D eigenvalue weighted by molar-refractivity contribution is 5.84. The van der Waals surface area contributed by atoms with Crippen LogP contribution in [0.3, 0.4) is 0 Å². The van der Waals surface area contributed by atoms with Gasteiger partial charge in [-0.1, -0.05) is 31.4 Å². The number of morpholine rings is 1. The molecule has 2 heterocycles. The predicted molar refractivity (Wildman–Crippen MR) is 152 cm³/mol. The van der Waals surface area contributed by atoms with Gasteiger partial charge in [0.15, 0.2) is 12.4 Å². The third-order valence-electron chi connectivity index (χ3n) is 7.33. The predicted octanol–water partition coefficient (Wildman–Crippen LogP) is 3.87. The summed E-state index contributed by atoms with van der Waals surface area (Å²) in [5, 5.41) is 17.0. The van der Waals surface area contributed by atoms with Gasteiger partial charge < -0.3 is 19.1 Å². The van der Waals surface area contributed by atoms with E-state index >= 15 is 0 Å². The van der Waals surface area contributed by atoms with Crippen molar-refractivity contribution in [2.75, 3.05) is 39.5 Å². The van der Waals surface area contributed by atoms with Crippen molar-refractivity contribution in [3.8, 4) is 11.5 Å². The van der Waals surface area contributed by atoms with Crippen LogP contribution in [0.1, 0.15) is 56.3 Å². The molecule has 12 heteroatoms. The fraction of sp³-hybridized carbons (Fsp3) is 0.448. The Hall–Kier alpha value is -4.32. The van der Waals surface area contributed by atoms with E-state index < -0.39 is 4.92 Å². The van der Waals surface area contributed by atoms with Crippen LogP contribution in [-0.2, 0) is 9.53 Å². The Morgan fingerprint density at radius 3 is 2.66 bits per heavy atom. The SMILES string of the molecule is CCOc1cc(C=Nn2c(C3CCCCC3)nc3ccccc3c2=O)cc([N+](=O)[O-])c1OCC(=O)N1CCOCC1. The number of nitro benzene ring substituents is 1. The van der Waals surface area contributed by atoms with E-state index in [-0.39, 0.29) is 47.8 Å². The zero-order chi connectivity index (χ0) is 28.8. The zero-order valence-electron chi connectivity index (χ0n) is 23.0. The molecule has 1 aromatic heterocycles. The van der Waals surface area contributed by atoms with Gasteiger partial charge >= 0.3 is 5.69 Å². The molecule has 3 aromatic rings. The Morgan fingerprint density at radius 2 is 1.93 bits per heavy atom. The second-order valence-electron chi connectivity index (χ2n) is 10.0. The molecule has 216 valence electrons. The number of nitro groups is 1. The summed E-state index contributed by atoms with van der Waals surface area (Å²) < 4.78 is 17.9. The van der Waals surface area contributed by atoms with Crippen LogP contribution in [-0.4, -0.2) is 71.1 Å². The summed E-state index contributed by atoms with van der Waals surface area (Å²) in [7, 11) is 0. The lowest BCUT2D eigenvalue weighted by Crippen LogP contribution is -2.43. The number of benzene rings is 2. The van der Waals surface area contributed by atoms with Crippen molar-refractivity contribution in [1.82, 2.24) is 14.6 Å². The van der Waals surface area contributed by atoms with Crippen molar-refractivity contribution in [3.63, 3.8) is 0 Å². The first-order valence-electron chi connectivity index (χ1n) is 14.0. The fourth-order valence-electron chi connectivity index (χ4n) is 5.27. The van der Waals surface area contributed by atoms with Gasteiger partial charge in [-0.15, -0.1) is 0 Å². The highest BCUT2D eigenvalue weighted by Crippen LogP contribution is 2.38. The summed E-state index contributed by atoms with van der Waals surface area (Å²) in [6.07, 6.45) is 6.47. The van der Waals surface area contributed by atoms with Crippen LogP contribution in [0.4, 0.5) is 5.69 Å². The van der Waals surface area contributed by atoms with Crippen LogP contribution in [0.5, 0.6) is 11.5 Å². The van der Waals surface area contributed by atoms with E-state index in [4.69, 9.17) is 19.2 Å². The Kier molecular flexibility index (Phi) is 8.88. The highest BCUT2D eigenvalue weighted by Gasteiger charge is 2.26. The smallest absolute Gasteiger partial charge is 0.315 e. The summed E-state index contributed by atoms with van der Waals surface area (Å²) in [5.41, 5.74) is 0.283. The lowest BCUT2D eigenvalue weighted by atomic mass is 9.88. The van der Waals surface area contributed by atoms with Crippen LogP contribution < -0.4 is 15.0 Å². The van der Waals surface area contributed by atoms with Crippen molar-refractivity contribution < 1.29 is 23.9 Å². The van der Waals surface area contributed by atoms with Crippen molar-refractivity contribution in [1.29, 1.82) is 0 Å². The minimum atomic E-state index is -0.592. The van der Waals surface area contributed by atoms with Gasteiger partial charge in [0.25, 0.3) is 11.5 Å². The number of rotatable bonds is 9. The molecule has 0 radical (unpaired) electrons. The number of nitrogens with zero attached hydrogens (tertiary/aromatic N) is 5. The van der Waals surface area contributed by atoms with E-state index in [1.807, 2.05) is 12.1 Å². The first-order chi connectivity index (χ1) is 20.0. The first kappa shape index (κ1) is 28.2. The van der Waals surface area contributed by atoms with Crippen LogP contribution in [0, 0.1) is 10.1 Å². The van der Waals surface area contributed by atoms with Gasteiger partial charge in [0.05, 0.1) is 41.9 Å². The molecule has 0 unspecified atom stereocenters. The van der Waals surface area contributed by atoms with Gasteiger partial charge in [0.1, 0.15) is 5.82 Å². The van der Waals surface area contributed by atoms with E-state index in [0.717, 1.165) is 32.1 Å². The lowest BCUT2D eigenvalue weighted by molar-refractivity contribution is -0.385. The minimum absolute atomic E-state index is 0.0892. The largest absolute Gasteiger partial charge is 0.490 e. The Morgan fingerprint density at radius 1 is 1.17 bits per heavy atom. The minimum Gasteiger partial charge on any atom is -0.490 e. The zero-order valence-corrected chi connectivity index (χ0v) is 23.0. The summed E-state index contributed by atoms with van der Waals surface area (Å²) in [5.74, 6) is 0.351. The number of hydrogen-bond donors (Lipinski definition) is 0. The highest BCUT2D eigenvalue weighted by atomic mass is 16.6. The molecular weight excluding hydrogens is 530 g/mol. The number of para-hydroxylation sites is 1. The van der Waals surface area contributed by atoms with E-state index in [2.05, 4.69) is 5.10 Å². The number of ether oxygens (including phenoxy) is 3. The number of carbonyl (C=O) groups excluding carboxylic acids is 1. The van der Waals surface area contributed by atoms with Gasteiger partial charge in [-0.05, 0) is 38.0 Å². The molecule has 1 aliphatic heterocycles. The van der Waals surface area contributed by atoms with Crippen LogP contribution in [0.15, 0.2) is 46.3 Å². The van der Waals surface area contributed by atoms with Gasteiger partial charge in [-0.3, -0.25) is 19.7 Å². The van der Waals surface area contributed by atoms with Gasteiger partial charge in [0, 0.05) is 30.6 Å². The monoisotopic (exact) mass is 563 g/mol. The van der Waals surface area contributed by atoms with E-state index in [1.54, 1.807) is 30.0 Å². The molecule has 1 saturated heterocycles. The normalized spacial score (nSPS) is 16.3. The Bertz CT molecular complexity index is 1510. The van der Waals surface area contributed by atoms with Crippen molar-refractivity contribution >= 4 is 28.7 Å². The molecule has 2 fully saturated rings. The standard InChI is InChI=1S/C29H33N5O7/c1-2-40-25-17-20(16-24(34(37)38)27(25)41-19-26(35)32-12-14-39-15-13-32)18-30-33-28(21-8-4-3-5-9-21)31-23-11-7-6-10-22(23)29(33)36/h6-7,10-11,16-18,21H,2-5,8-9,12-15,19H2,1H3. The molecule has 0 atom stereocenters. The van der Waals surface area contributed by atoms with Crippen LogP contribution in [0.2, 0.25) is 0 Å². The molecule has 0 N–H and O–H groups in total. The second-order valence-corrected chi connectivity index (χ2v) is 10.0. The summed E-state index contributed by atoms with van der Waals surface area (Å²) in [6, 6.07) is 10.00. The lowest BCUT2D eigenvalue weighted by Gasteiger charge is -2.26. The average molecular weight is 564 g/mol. The molecule has 0 bridgehead atoms. The maximum Gasteiger partial charge on any atom is 0.315 e. The van der Waals surface area contributed by atoms with Gasteiger partial charge in [-0.2, -0.15) is 9.78 Å². The Labute approximate surface area is 236 Å². The maximum absolute atomic E-state index is 13.5. The molecule has 1 aliphatic carbocycles. The number of aromatic nitrogens is 2. The molecule has 0 spiro atoms. The van der Waals surface area contributed by atoms with E-state index in [1.165, 1.54) is 17.0 Å². The number of amides is 1. The first-order valence-corrected chi connectivity index (χ1v) is 14.0. The van der Waals surface area contributed by atoms with Gasteiger partial charge in [-0.25, -0.2) is 4.98 Å². The van der Waals surface area contributed by atoms with Crippen molar-refractivity contribution in [3.05, 3.63) is 68.3 Å². The molecular formula is C29H33N5O7. The number of hydrogen-bond acceptors (Lipinski definition) is 9. The number of carbonyl (C=O) groups is 1.